The predicted octanol–water partition coefficient (Wildman–Crippen LogP) is 1.45. The summed E-state index contributed by atoms with van der Waals surface area (Å²) in [6, 6.07) is 0.382. The van der Waals surface area contributed by atoms with Gasteiger partial charge in [-0.05, 0) is 20.3 Å². The molecule has 0 N–H and O–H groups in total. The van der Waals surface area contributed by atoms with E-state index in [1.54, 1.807) is 0 Å². The minimum absolute atomic E-state index is 0.198. The third-order valence-corrected chi connectivity index (χ3v) is 2.46. The molecule has 1 fully saturated rings. The third kappa shape index (κ3) is 0.642. The summed E-state index contributed by atoms with van der Waals surface area (Å²) in [4.78, 5) is 13.2. The largest absolute Gasteiger partial charge is 0.305 e. The average molecular weight is 149 g/mol. The van der Waals surface area contributed by atoms with Crippen LogP contribution in [0, 0.1) is 0 Å². The van der Waals surface area contributed by atoms with Gasteiger partial charge in [0.2, 0.25) is 0 Å². The first kappa shape index (κ1) is 6.65. The lowest BCUT2D eigenvalue weighted by atomic mass is 9.95. The number of carbonyl (C=O) groups is 1. The quantitative estimate of drug-likeness (QED) is 0.377. The van der Waals surface area contributed by atoms with Gasteiger partial charge < -0.3 is 4.90 Å². The van der Waals surface area contributed by atoms with Crippen LogP contribution in [0.25, 0.3) is 0 Å². The van der Waals surface area contributed by atoms with Crippen molar-refractivity contribution in [2.45, 2.75) is 26.3 Å². The van der Waals surface area contributed by atoms with Gasteiger partial charge in [-0.3, -0.25) is 4.79 Å². The number of hydrogen-bond acceptors (Lipinski definition) is 1. The van der Waals surface area contributed by atoms with Crippen LogP contribution in [0.3, 0.4) is 0 Å². The fourth-order valence-corrected chi connectivity index (χ4v) is 1.83. The maximum Gasteiger partial charge on any atom is 0.256 e. The highest BCUT2D eigenvalue weighted by molar-refractivity contribution is 6.03. The fraction of sp³-hybridized carbons (Fsp3) is 0.444. The molecule has 2 rings (SSSR count). The zero-order chi connectivity index (χ0) is 8.01. The SMILES string of the molecule is C/C=C1/C(=O)N2C(C)=CC[C@H]12. The number of rotatable bonds is 0. The van der Waals surface area contributed by atoms with Crippen LogP contribution in [0.4, 0.5) is 0 Å². The zero-order valence-electron chi connectivity index (χ0n) is 6.79. The van der Waals surface area contributed by atoms with Gasteiger partial charge >= 0.3 is 0 Å². The van der Waals surface area contributed by atoms with Crippen LogP contribution >= 0.6 is 0 Å². The van der Waals surface area contributed by atoms with E-state index < -0.39 is 0 Å². The Hall–Kier alpha value is -1.05. The Bertz CT molecular complexity index is 275. The van der Waals surface area contributed by atoms with Gasteiger partial charge in [-0.2, -0.15) is 0 Å². The van der Waals surface area contributed by atoms with E-state index >= 15 is 0 Å². The summed E-state index contributed by atoms with van der Waals surface area (Å²) in [6.07, 6.45) is 5.06. The second kappa shape index (κ2) is 1.97. The average Bonchev–Trinajstić information content (AvgIpc) is 2.28. The minimum Gasteiger partial charge on any atom is -0.305 e. The van der Waals surface area contributed by atoms with E-state index in [-0.39, 0.29) is 5.91 Å². The van der Waals surface area contributed by atoms with E-state index in [9.17, 15) is 4.79 Å². The summed E-state index contributed by atoms with van der Waals surface area (Å²) in [5, 5.41) is 0. The van der Waals surface area contributed by atoms with Crippen molar-refractivity contribution in [3.05, 3.63) is 23.4 Å². The molecule has 1 amide bonds. The highest BCUT2D eigenvalue weighted by Crippen LogP contribution is 2.37. The third-order valence-electron chi connectivity index (χ3n) is 2.46. The molecule has 0 aromatic carbocycles. The Labute approximate surface area is 66.2 Å². The molecule has 0 saturated carbocycles. The molecule has 58 valence electrons. The van der Waals surface area contributed by atoms with Gasteiger partial charge in [0.1, 0.15) is 0 Å². The Morgan fingerprint density at radius 3 is 3.09 bits per heavy atom. The first-order chi connectivity index (χ1) is 5.25. The molecule has 0 aliphatic carbocycles. The van der Waals surface area contributed by atoms with Crippen molar-refractivity contribution < 1.29 is 4.79 Å². The standard InChI is InChI=1S/C9H11NO/c1-3-7-8-5-4-6(2)10(8)9(7)11/h3-4,8H,5H2,1-2H3/b7-3+/t8-/m1/s1. The molecule has 2 aliphatic heterocycles. The van der Waals surface area contributed by atoms with Crippen molar-refractivity contribution in [2.75, 3.05) is 0 Å². The maximum absolute atomic E-state index is 11.3. The highest BCUT2D eigenvalue weighted by atomic mass is 16.2. The topological polar surface area (TPSA) is 20.3 Å². The Morgan fingerprint density at radius 2 is 2.45 bits per heavy atom. The lowest BCUT2D eigenvalue weighted by molar-refractivity contribution is -0.133. The summed E-state index contributed by atoms with van der Waals surface area (Å²) >= 11 is 0. The van der Waals surface area contributed by atoms with Crippen LogP contribution in [0.2, 0.25) is 0 Å². The van der Waals surface area contributed by atoms with E-state index in [1.165, 1.54) is 0 Å². The molecule has 1 atom stereocenters. The van der Waals surface area contributed by atoms with Gasteiger partial charge in [-0.1, -0.05) is 12.2 Å². The maximum atomic E-state index is 11.3. The van der Waals surface area contributed by atoms with Crippen molar-refractivity contribution in [1.82, 2.24) is 4.90 Å². The molecule has 2 aliphatic rings. The smallest absolute Gasteiger partial charge is 0.256 e. The molecule has 1 saturated heterocycles. The van der Waals surface area contributed by atoms with E-state index in [1.807, 2.05) is 24.8 Å². The van der Waals surface area contributed by atoms with Gasteiger partial charge in [0.15, 0.2) is 0 Å². The molecule has 0 bridgehead atoms. The van der Waals surface area contributed by atoms with Crippen molar-refractivity contribution in [2.24, 2.45) is 0 Å². The predicted molar refractivity (Wildman–Crippen MR) is 42.8 cm³/mol. The molecule has 11 heavy (non-hydrogen) atoms. The number of allylic oxidation sites excluding steroid dienone is 2. The van der Waals surface area contributed by atoms with Gasteiger partial charge in [-0.15, -0.1) is 0 Å². The molecular weight excluding hydrogens is 138 g/mol. The number of fused-ring (bicyclic) bond motifs is 1. The van der Waals surface area contributed by atoms with Crippen molar-refractivity contribution in [3.63, 3.8) is 0 Å². The summed E-state index contributed by atoms with van der Waals surface area (Å²) in [5.74, 6) is 0.198. The number of β-lactam (4-membered cyclic amide) rings is 1. The molecule has 0 radical (unpaired) electrons. The lowest BCUT2D eigenvalue weighted by Crippen LogP contribution is -2.50. The van der Waals surface area contributed by atoms with E-state index in [4.69, 9.17) is 0 Å². The van der Waals surface area contributed by atoms with E-state index in [0.717, 1.165) is 17.7 Å². The van der Waals surface area contributed by atoms with Gasteiger partial charge in [0.05, 0.1) is 6.04 Å². The van der Waals surface area contributed by atoms with Gasteiger partial charge in [0.25, 0.3) is 5.91 Å². The van der Waals surface area contributed by atoms with Crippen molar-refractivity contribution in [1.29, 1.82) is 0 Å². The van der Waals surface area contributed by atoms with E-state index in [0.29, 0.717) is 6.04 Å². The molecule has 2 nitrogen and oxygen atoms in total. The second-order valence-corrected chi connectivity index (χ2v) is 3.02. The summed E-state index contributed by atoms with van der Waals surface area (Å²) in [5.41, 5.74) is 2.10. The summed E-state index contributed by atoms with van der Waals surface area (Å²) < 4.78 is 0. The first-order valence-corrected chi connectivity index (χ1v) is 3.92. The Kier molecular flexibility index (Phi) is 1.19. The van der Waals surface area contributed by atoms with Crippen LogP contribution in [-0.4, -0.2) is 16.8 Å². The van der Waals surface area contributed by atoms with Crippen molar-refractivity contribution in [3.8, 4) is 0 Å². The Balaban J connectivity index is 2.29. The second-order valence-electron chi connectivity index (χ2n) is 3.02. The Morgan fingerprint density at radius 1 is 1.73 bits per heavy atom. The molecule has 0 aromatic rings. The minimum atomic E-state index is 0.198. The zero-order valence-corrected chi connectivity index (χ0v) is 6.79. The number of nitrogens with zero attached hydrogens (tertiary/aromatic N) is 1. The monoisotopic (exact) mass is 149 g/mol. The van der Waals surface area contributed by atoms with Crippen molar-refractivity contribution >= 4 is 5.91 Å². The van der Waals surface area contributed by atoms with Crippen LogP contribution in [0.1, 0.15) is 20.3 Å². The highest BCUT2D eigenvalue weighted by Gasteiger charge is 2.44. The molecule has 0 spiro atoms. The fourth-order valence-electron chi connectivity index (χ4n) is 1.83. The normalized spacial score (nSPS) is 32.0. The molecule has 2 heterocycles. The lowest BCUT2D eigenvalue weighted by Gasteiger charge is -2.38. The number of hydrogen-bond donors (Lipinski definition) is 0. The number of amides is 1. The van der Waals surface area contributed by atoms with Crippen LogP contribution in [0.5, 0.6) is 0 Å². The first-order valence-electron chi connectivity index (χ1n) is 3.92. The molecule has 0 unspecified atom stereocenters. The summed E-state index contributed by atoms with van der Waals surface area (Å²) in [7, 11) is 0. The molecule has 0 aromatic heterocycles. The van der Waals surface area contributed by atoms with Crippen LogP contribution in [-0.2, 0) is 4.79 Å². The van der Waals surface area contributed by atoms with E-state index in [2.05, 4.69) is 6.08 Å². The van der Waals surface area contributed by atoms with Crippen LogP contribution < -0.4 is 0 Å². The molecule has 2 heteroatoms. The molecular formula is C9H11NO. The van der Waals surface area contributed by atoms with Gasteiger partial charge in [-0.25, -0.2) is 0 Å². The number of carbonyl (C=O) groups excluding carboxylic acids is 1. The summed E-state index contributed by atoms with van der Waals surface area (Å²) in [6.45, 7) is 3.92. The van der Waals surface area contributed by atoms with Gasteiger partial charge in [0, 0.05) is 11.3 Å². The van der Waals surface area contributed by atoms with Crippen LogP contribution in [0.15, 0.2) is 23.4 Å².